The van der Waals surface area contributed by atoms with Crippen LogP contribution in [-0.2, 0) is 0 Å². The number of nitrogens with zero attached hydrogens (tertiary/aromatic N) is 1. The standard InChI is InChI=1S/C16H26N2/c1-3-14-9-6-7-11-18(14)16(12-17)15-10-5-4-8-13(15)2/h4-5,8,10,14,16H,3,6-7,9,11-12,17H2,1-2H3. The zero-order valence-electron chi connectivity index (χ0n) is 11.7. The first-order chi connectivity index (χ1) is 8.77. The minimum Gasteiger partial charge on any atom is -0.329 e. The Balaban J connectivity index is 2.24. The summed E-state index contributed by atoms with van der Waals surface area (Å²) >= 11 is 0. The number of piperidine rings is 1. The molecule has 18 heavy (non-hydrogen) atoms. The van der Waals surface area contributed by atoms with Crippen LogP contribution in [0.25, 0.3) is 0 Å². The van der Waals surface area contributed by atoms with Crippen LogP contribution in [-0.4, -0.2) is 24.0 Å². The Labute approximate surface area is 111 Å². The topological polar surface area (TPSA) is 29.3 Å². The van der Waals surface area contributed by atoms with E-state index >= 15 is 0 Å². The third-order valence-corrected chi connectivity index (χ3v) is 4.31. The number of nitrogens with two attached hydrogens (primary N) is 1. The van der Waals surface area contributed by atoms with Crippen molar-refractivity contribution in [3.63, 3.8) is 0 Å². The van der Waals surface area contributed by atoms with Gasteiger partial charge in [-0.2, -0.15) is 0 Å². The van der Waals surface area contributed by atoms with Gasteiger partial charge in [0.1, 0.15) is 0 Å². The molecule has 0 aromatic heterocycles. The second-order valence-electron chi connectivity index (χ2n) is 5.40. The van der Waals surface area contributed by atoms with Crippen molar-refractivity contribution in [2.45, 2.75) is 51.6 Å². The van der Waals surface area contributed by atoms with Crippen LogP contribution in [0.15, 0.2) is 24.3 Å². The maximum absolute atomic E-state index is 6.08. The van der Waals surface area contributed by atoms with E-state index in [0.29, 0.717) is 12.1 Å². The number of hydrogen-bond acceptors (Lipinski definition) is 2. The van der Waals surface area contributed by atoms with E-state index < -0.39 is 0 Å². The smallest absolute Gasteiger partial charge is 0.0476 e. The third kappa shape index (κ3) is 2.76. The molecule has 0 saturated carbocycles. The molecule has 1 fully saturated rings. The van der Waals surface area contributed by atoms with Gasteiger partial charge in [-0.3, -0.25) is 4.90 Å². The number of aryl methyl sites for hydroxylation is 1. The Morgan fingerprint density at radius 1 is 1.33 bits per heavy atom. The summed E-state index contributed by atoms with van der Waals surface area (Å²) in [6.45, 7) is 6.42. The molecule has 1 aliphatic rings. The van der Waals surface area contributed by atoms with Gasteiger partial charge in [0.2, 0.25) is 0 Å². The van der Waals surface area contributed by atoms with Crippen LogP contribution in [0.4, 0.5) is 0 Å². The van der Waals surface area contributed by atoms with E-state index in [1.165, 1.54) is 43.4 Å². The van der Waals surface area contributed by atoms with Crippen LogP contribution < -0.4 is 5.73 Å². The summed E-state index contributed by atoms with van der Waals surface area (Å²) in [6.07, 6.45) is 5.26. The summed E-state index contributed by atoms with van der Waals surface area (Å²) in [5, 5.41) is 0. The molecule has 2 unspecified atom stereocenters. The van der Waals surface area contributed by atoms with Gasteiger partial charge in [-0.15, -0.1) is 0 Å². The van der Waals surface area contributed by atoms with Crippen LogP contribution >= 0.6 is 0 Å². The van der Waals surface area contributed by atoms with Crippen LogP contribution in [0, 0.1) is 6.92 Å². The van der Waals surface area contributed by atoms with E-state index in [9.17, 15) is 0 Å². The van der Waals surface area contributed by atoms with Crippen LogP contribution in [0.3, 0.4) is 0 Å². The first-order valence-corrected chi connectivity index (χ1v) is 7.29. The lowest BCUT2D eigenvalue weighted by atomic mass is 9.93. The second kappa shape index (κ2) is 6.35. The SMILES string of the molecule is CCC1CCCCN1C(CN)c1ccccc1C. The number of likely N-dealkylation sites (tertiary alicyclic amines) is 1. The Bertz CT molecular complexity index is 375. The van der Waals surface area contributed by atoms with Gasteiger partial charge in [0, 0.05) is 18.6 Å². The Morgan fingerprint density at radius 3 is 2.78 bits per heavy atom. The van der Waals surface area contributed by atoms with Crippen molar-refractivity contribution in [2.24, 2.45) is 5.73 Å². The molecule has 1 saturated heterocycles. The normalized spacial score (nSPS) is 22.9. The molecule has 0 spiro atoms. The monoisotopic (exact) mass is 246 g/mol. The highest BCUT2D eigenvalue weighted by atomic mass is 15.2. The van der Waals surface area contributed by atoms with Crippen molar-refractivity contribution in [3.05, 3.63) is 35.4 Å². The van der Waals surface area contributed by atoms with Gasteiger partial charge in [0.15, 0.2) is 0 Å². The van der Waals surface area contributed by atoms with Gasteiger partial charge in [0.05, 0.1) is 0 Å². The van der Waals surface area contributed by atoms with E-state index in [0.717, 1.165) is 6.54 Å². The molecule has 2 N–H and O–H groups in total. The van der Waals surface area contributed by atoms with Gasteiger partial charge in [0.25, 0.3) is 0 Å². The molecular weight excluding hydrogens is 220 g/mol. The van der Waals surface area contributed by atoms with Crippen LogP contribution in [0.2, 0.25) is 0 Å². The van der Waals surface area contributed by atoms with Crippen LogP contribution in [0.5, 0.6) is 0 Å². The van der Waals surface area contributed by atoms with Crippen molar-refractivity contribution in [2.75, 3.05) is 13.1 Å². The summed E-state index contributed by atoms with van der Waals surface area (Å²) in [6, 6.07) is 9.80. The van der Waals surface area contributed by atoms with Gasteiger partial charge in [-0.05, 0) is 43.9 Å². The van der Waals surface area contributed by atoms with Gasteiger partial charge in [-0.1, -0.05) is 37.6 Å². The van der Waals surface area contributed by atoms with Gasteiger partial charge in [-0.25, -0.2) is 0 Å². The maximum atomic E-state index is 6.08. The summed E-state index contributed by atoms with van der Waals surface area (Å²) in [4.78, 5) is 2.64. The molecule has 0 aliphatic carbocycles. The summed E-state index contributed by atoms with van der Waals surface area (Å²) in [5.41, 5.74) is 8.87. The molecule has 0 amide bonds. The van der Waals surface area contributed by atoms with Crippen molar-refractivity contribution >= 4 is 0 Å². The first-order valence-electron chi connectivity index (χ1n) is 7.29. The predicted octanol–water partition coefficient (Wildman–Crippen LogP) is 3.26. The summed E-state index contributed by atoms with van der Waals surface area (Å²) in [5.74, 6) is 0. The lowest BCUT2D eigenvalue weighted by Crippen LogP contribution is -2.44. The van der Waals surface area contributed by atoms with E-state index in [1.807, 2.05) is 0 Å². The van der Waals surface area contributed by atoms with Crippen molar-refractivity contribution in [1.82, 2.24) is 4.90 Å². The molecule has 1 aromatic carbocycles. The Hall–Kier alpha value is -0.860. The lowest BCUT2D eigenvalue weighted by molar-refractivity contribution is 0.0946. The zero-order chi connectivity index (χ0) is 13.0. The zero-order valence-corrected chi connectivity index (χ0v) is 11.7. The van der Waals surface area contributed by atoms with E-state index in [1.54, 1.807) is 0 Å². The fraction of sp³-hybridized carbons (Fsp3) is 0.625. The minimum absolute atomic E-state index is 0.399. The van der Waals surface area contributed by atoms with E-state index in [4.69, 9.17) is 5.73 Å². The molecule has 2 rings (SSSR count). The fourth-order valence-corrected chi connectivity index (χ4v) is 3.27. The highest BCUT2D eigenvalue weighted by Crippen LogP contribution is 2.30. The molecule has 2 heteroatoms. The van der Waals surface area contributed by atoms with Crippen molar-refractivity contribution in [1.29, 1.82) is 0 Å². The summed E-state index contributed by atoms with van der Waals surface area (Å²) in [7, 11) is 0. The fourth-order valence-electron chi connectivity index (χ4n) is 3.27. The largest absolute Gasteiger partial charge is 0.329 e. The molecule has 1 aliphatic heterocycles. The molecule has 100 valence electrons. The molecule has 1 aromatic rings. The molecule has 2 atom stereocenters. The number of benzene rings is 1. The average molecular weight is 246 g/mol. The number of hydrogen-bond donors (Lipinski definition) is 1. The van der Waals surface area contributed by atoms with Gasteiger partial charge < -0.3 is 5.73 Å². The van der Waals surface area contributed by atoms with Crippen molar-refractivity contribution < 1.29 is 0 Å². The lowest BCUT2D eigenvalue weighted by Gasteiger charge is -2.41. The Morgan fingerprint density at radius 2 is 2.11 bits per heavy atom. The van der Waals surface area contributed by atoms with Crippen molar-refractivity contribution in [3.8, 4) is 0 Å². The first kappa shape index (κ1) is 13.6. The molecule has 1 heterocycles. The number of rotatable bonds is 4. The molecular formula is C16H26N2. The molecule has 0 bridgehead atoms. The highest BCUT2D eigenvalue weighted by molar-refractivity contribution is 5.29. The summed E-state index contributed by atoms with van der Waals surface area (Å²) < 4.78 is 0. The van der Waals surface area contributed by atoms with Crippen LogP contribution in [0.1, 0.15) is 49.8 Å². The van der Waals surface area contributed by atoms with Gasteiger partial charge >= 0.3 is 0 Å². The highest BCUT2D eigenvalue weighted by Gasteiger charge is 2.28. The van der Waals surface area contributed by atoms with E-state index in [2.05, 4.69) is 43.0 Å². The Kier molecular flexibility index (Phi) is 4.79. The quantitative estimate of drug-likeness (QED) is 0.883. The minimum atomic E-state index is 0.399. The molecule has 2 nitrogen and oxygen atoms in total. The predicted molar refractivity (Wildman–Crippen MR) is 77.6 cm³/mol. The third-order valence-electron chi connectivity index (χ3n) is 4.31. The second-order valence-corrected chi connectivity index (χ2v) is 5.40. The molecule has 0 radical (unpaired) electrons. The average Bonchev–Trinajstić information content (AvgIpc) is 2.42. The maximum Gasteiger partial charge on any atom is 0.0476 e. The van der Waals surface area contributed by atoms with E-state index in [-0.39, 0.29) is 0 Å².